The van der Waals surface area contributed by atoms with Crippen LogP contribution < -0.4 is 10.0 Å². The van der Waals surface area contributed by atoms with Gasteiger partial charge in [0, 0.05) is 13.0 Å². The number of anilines is 1. The molecule has 1 aliphatic heterocycles. The lowest BCUT2D eigenvalue weighted by atomic mass is 10.1. The van der Waals surface area contributed by atoms with Crippen molar-refractivity contribution >= 4 is 42.6 Å². The van der Waals surface area contributed by atoms with E-state index in [1.807, 2.05) is 26.0 Å². The standard InChI is InChI=1S/C13H15N3O3S2/c1-7-3-4-10-12(8(7)2)15-13(20-10)16-6-9(5-11(16)17)21(14,18)19/h3-4,9H,5-6H2,1-2H3,(H2,14,18,19). The fourth-order valence-corrected chi connectivity index (χ4v) is 4.19. The Bertz CT molecular complexity index is 842. The largest absolute Gasteiger partial charge is 0.287 e. The van der Waals surface area contributed by atoms with E-state index in [9.17, 15) is 13.2 Å². The number of amides is 1. The summed E-state index contributed by atoms with van der Waals surface area (Å²) in [5.41, 5.74) is 3.07. The fraction of sp³-hybridized carbons (Fsp3) is 0.385. The molecule has 21 heavy (non-hydrogen) atoms. The Hall–Kier alpha value is -1.51. The summed E-state index contributed by atoms with van der Waals surface area (Å²) >= 11 is 1.39. The van der Waals surface area contributed by atoms with Gasteiger partial charge in [0.1, 0.15) is 5.25 Å². The Morgan fingerprint density at radius 1 is 1.38 bits per heavy atom. The van der Waals surface area contributed by atoms with Crippen molar-refractivity contribution in [1.82, 2.24) is 4.98 Å². The molecule has 0 bridgehead atoms. The van der Waals surface area contributed by atoms with Crippen LogP contribution in [-0.2, 0) is 14.8 Å². The maximum Gasteiger partial charge on any atom is 0.230 e. The van der Waals surface area contributed by atoms with Crippen molar-refractivity contribution in [3.63, 3.8) is 0 Å². The third-order valence-corrected chi connectivity index (χ3v) is 6.15. The molecule has 1 aromatic carbocycles. The van der Waals surface area contributed by atoms with Gasteiger partial charge in [0.25, 0.3) is 0 Å². The van der Waals surface area contributed by atoms with Crippen LogP contribution in [0.25, 0.3) is 10.2 Å². The van der Waals surface area contributed by atoms with Crippen molar-refractivity contribution in [2.24, 2.45) is 5.14 Å². The molecule has 112 valence electrons. The van der Waals surface area contributed by atoms with Gasteiger partial charge in [-0.3, -0.25) is 9.69 Å². The lowest BCUT2D eigenvalue weighted by molar-refractivity contribution is -0.117. The number of hydrogen-bond acceptors (Lipinski definition) is 5. The second-order valence-corrected chi connectivity index (χ2v) is 8.12. The summed E-state index contributed by atoms with van der Waals surface area (Å²) in [7, 11) is -3.71. The number of carbonyl (C=O) groups is 1. The molecule has 3 rings (SSSR count). The number of fused-ring (bicyclic) bond motifs is 1. The smallest absolute Gasteiger partial charge is 0.230 e. The number of primary sulfonamides is 1. The van der Waals surface area contributed by atoms with Gasteiger partial charge in [-0.2, -0.15) is 0 Å². The molecule has 0 aliphatic carbocycles. The molecule has 0 radical (unpaired) electrons. The molecule has 2 N–H and O–H groups in total. The molecule has 2 heterocycles. The van der Waals surface area contributed by atoms with Gasteiger partial charge in [-0.25, -0.2) is 18.5 Å². The highest BCUT2D eigenvalue weighted by Gasteiger charge is 2.38. The molecule has 6 nitrogen and oxygen atoms in total. The highest BCUT2D eigenvalue weighted by molar-refractivity contribution is 7.89. The lowest BCUT2D eigenvalue weighted by Gasteiger charge is -2.11. The quantitative estimate of drug-likeness (QED) is 0.901. The second-order valence-electron chi connectivity index (χ2n) is 5.27. The van der Waals surface area contributed by atoms with Gasteiger partial charge in [0.05, 0.1) is 10.2 Å². The number of sulfonamides is 1. The number of thiazole rings is 1. The number of nitrogens with two attached hydrogens (primary N) is 1. The molecular weight excluding hydrogens is 310 g/mol. The number of aryl methyl sites for hydroxylation is 2. The first-order chi connectivity index (χ1) is 9.77. The Kier molecular flexibility index (Phi) is 3.27. The number of hydrogen-bond donors (Lipinski definition) is 1. The van der Waals surface area contributed by atoms with Crippen LogP contribution in [0.15, 0.2) is 12.1 Å². The van der Waals surface area contributed by atoms with Gasteiger partial charge < -0.3 is 0 Å². The highest BCUT2D eigenvalue weighted by atomic mass is 32.2. The van der Waals surface area contributed by atoms with Crippen LogP contribution in [0.5, 0.6) is 0 Å². The zero-order chi connectivity index (χ0) is 15.4. The van der Waals surface area contributed by atoms with Crippen LogP contribution in [0, 0.1) is 13.8 Å². The van der Waals surface area contributed by atoms with E-state index in [0.717, 1.165) is 21.3 Å². The van der Waals surface area contributed by atoms with Crippen molar-refractivity contribution in [2.45, 2.75) is 25.5 Å². The third-order valence-electron chi connectivity index (χ3n) is 3.86. The summed E-state index contributed by atoms with van der Waals surface area (Å²) in [6, 6.07) is 3.98. The van der Waals surface area contributed by atoms with E-state index in [1.54, 1.807) is 0 Å². The van der Waals surface area contributed by atoms with E-state index in [1.165, 1.54) is 16.2 Å². The third kappa shape index (κ3) is 2.43. The highest BCUT2D eigenvalue weighted by Crippen LogP contribution is 2.34. The summed E-state index contributed by atoms with van der Waals surface area (Å²) in [5.74, 6) is -0.248. The van der Waals surface area contributed by atoms with Gasteiger partial charge in [-0.15, -0.1) is 0 Å². The normalized spacial score (nSPS) is 19.7. The van der Waals surface area contributed by atoms with Gasteiger partial charge >= 0.3 is 0 Å². The molecule has 1 atom stereocenters. The van der Waals surface area contributed by atoms with Gasteiger partial charge in [0.15, 0.2) is 5.13 Å². The van der Waals surface area contributed by atoms with Crippen LogP contribution in [0.2, 0.25) is 0 Å². The predicted molar refractivity (Wildman–Crippen MR) is 83.0 cm³/mol. The molecule has 8 heteroatoms. The molecule has 1 aliphatic rings. The number of nitrogens with zero attached hydrogens (tertiary/aromatic N) is 2. The number of carbonyl (C=O) groups excluding carboxylic acids is 1. The monoisotopic (exact) mass is 325 g/mol. The molecule has 1 saturated heterocycles. The minimum Gasteiger partial charge on any atom is -0.287 e. The van der Waals surface area contributed by atoms with Gasteiger partial charge in [0.2, 0.25) is 15.9 Å². The molecule has 0 spiro atoms. The van der Waals surface area contributed by atoms with Crippen LogP contribution in [0.4, 0.5) is 5.13 Å². The Balaban J connectivity index is 2.02. The lowest BCUT2D eigenvalue weighted by Crippen LogP contribution is -2.32. The molecular formula is C13H15N3O3S2. The minimum absolute atomic E-state index is 0.0766. The summed E-state index contributed by atoms with van der Waals surface area (Å²) in [6.45, 7) is 4.07. The number of rotatable bonds is 2. The van der Waals surface area contributed by atoms with Crippen molar-refractivity contribution in [3.8, 4) is 0 Å². The van der Waals surface area contributed by atoms with Crippen LogP contribution in [-0.4, -0.2) is 31.1 Å². The summed E-state index contributed by atoms with van der Waals surface area (Å²) in [5, 5.41) is 4.83. The van der Waals surface area contributed by atoms with Crippen LogP contribution >= 0.6 is 11.3 Å². The summed E-state index contributed by atoms with van der Waals surface area (Å²) < 4.78 is 23.8. The van der Waals surface area contributed by atoms with Crippen molar-refractivity contribution in [3.05, 3.63) is 23.3 Å². The van der Waals surface area contributed by atoms with Gasteiger partial charge in [-0.05, 0) is 31.0 Å². The van der Waals surface area contributed by atoms with Crippen LogP contribution in [0.1, 0.15) is 17.5 Å². The van der Waals surface area contributed by atoms with Crippen molar-refractivity contribution in [1.29, 1.82) is 0 Å². The zero-order valence-electron chi connectivity index (χ0n) is 11.7. The average Bonchev–Trinajstić information content (AvgIpc) is 2.97. The first-order valence-electron chi connectivity index (χ1n) is 6.46. The zero-order valence-corrected chi connectivity index (χ0v) is 13.3. The van der Waals surface area contributed by atoms with E-state index in [4.69, 9.17) is 5.14 Å². The van der Waals surface area contributed by atoms with E-state index in [2.05, 4.69) is 4.98 Å². The molecule has 1 aromatic heterocycles. The van der Waals surface area contributed by atoms with Crippen LogP contribution in [0.3, 0.4) is 0 Å². The SMILES string of the molecule is Cc1ccc2sc(N3CC(S(N)(=O)=O)CC3=O)nc2c1C. The second kappa shape index (κ2) is 4.75. The number of benzene rings is 1. The predicted octanol–water partition coefficient (Wildman–Crippen LogP) is 1.31. The van der Waals surface area contributed by atoms with E-state index >= 15 is 0 Å². The maximum absolute atomic E-state index is 12.0. The van der Waals surface area contributed by atoms with Crippen molar-refractivity contribution < 1.29 is 13.2 Å². The first-order valence-corrected chi connectivity index (χ1v) is 8.88. The van der Waals surface area contributed by atoms with E-state index < -0.39 is 15.3 Å². The van der Waals surface area contributed by atoms with Gasteiger partial charge in [-0.1, -0.05) is 17.4 Å². The maximum atomic E-state index is 12.0. The van der Waals surface area contributed by atoms with E-state index in [-0.39, 0.29) is 18.9 Å². The Morgan fingerprint density at radius 3 is 2.71 bits per heavy atom. The Morgan fingerprint density at radius 2 is 2.10 bits per heavy atom. The first kappa shape index (κ1) is 14.4. The minimum atomic E-state index is -3.71. The summed E-state index contributed by atoms with van der Waals surface area (Å²) in [4.78, 5) is 18.0. The summed E-state index contributed by atoms with van der Waals surface area (Å²) in [6.07, 6.45) is -0.0766. The van der Waals surface area contributed by atoms with E-state index in [0.29, 0.717) is 5.13 Å². The molecule has 1 unspecified atom stereocenters. The molecule has 1 amide bonds. The molecule has 2 aromatic rings. The number of aromatic nitrogens is 1. The fourth-order valence-electron chi connectivity index (χ4n) is 2.41. The Labute approximate surface area is 126 Å². The molecule has 0 saturated carbocycles. The molecule has 1 fully saturated rings. The van der Waals surface area contributed by atoms with Crippen molar-refractivity contribution in [2.75, 3.05) is 11.4 Å². The average molecular weight is 325 g/mol. The topological polar surface area (TPSA) is 93.4 Å².